The molecule has 0 amide bonds. The fourth-order valence-electron chi connectivity index (χ4n) is 1.95. The Labute approximate surface area is 114 Å². The van der Waals surface area contributed by atoms with E-state index in [2.05, 4.69) is 30.4 Å². The maximum absolute atomic E-state index is 5.38. The number of rotatable bonds is 5. The Kier molecular flexibility index (Phi) is 4.29. The minimum atomic E-state index is 0.719. The molecule has 0 fully saturated rings. The molecule has 0 heterocycles. The van der Waals surface area contributed by atoms with E-state index in [-0.39, 0.29) is 0 Å². The number of anilines is 1. The molecule has 0 unspecified atom stereocenters. The molecule has 3 heteroatoms. The summed E-state index contributed by atoms with van der Waals surface area (Å²) in [4.78, 5) is 0. The monoisotopic (exact) mass is 257 g/mol. The van der Waals surface area contributed by atoms with Gasteiger partial charge in [-0.1, -0.05) is 12.1 Å². The van der Waals surface area contributed by atoms with Crippen LogP contribution in [0, 0.1) is 6.92 Å². The van der Waals surface area contributed by atoms with Gasteiger partial charge in [0.1, 0.15) is 11.5 Å². The zero-order chi connectivity index (χ0) is 13.7. The average molecular weight is 257 g/mol. The highest BCUT2D eigenvalue weighted by Gasteiger charge is 2.04. The highest BCUT2D eigenvalue weighted by Crippen LogP contribution is 2.25. The molecular formula is C16H19NO2. The molecule has 2 aromatic rings. The van der Waals surface area contributed by atoms with E-state index in [9.17, 15) is 0 Å². The summed E-state index contributed by atoms with van der Waals surface area (Å²) in [5.41, 5.74) is 3.45. The fourth-order valence-corrected chi connectivity index (χ4v) is 1.95. The van der Waals surface area contributed by atoms with Crippen LogP contribution in [0.15, 0.2) is 42.5 Å². The van der Waals surface area contributed by atoms with E-state index in [1.165, 1.54) is 5.56 Å². The summed E-state index contributed by atoms with van der Waals surface area (Å²) in [7, 11) is 3.32. The molecule has 2 aromatic carbocycles. The first-order valence-electron chi connectivity index (χ1n) is 6.24. The maximum Gasteiger partial charge on any atom is 0.127 e. The number of benzene rings is 2. The topological polar surface area (TPSA) is 30.5 Å². The van der Waals surface area contributed by atoms with Crippen molar-refractivity contribution in [1.82, 2.24) is 0 Å². The highest BCUT2D eigenvalue weighted by atomic mass is 16.5. The van der Waals surface area contributed by atoms with Crippen molar-refractivity contribution >= 4 is 5.69 Å². The van der Waals surface area contributed by atoms with Crippen LogP contribution in [0.3, 0.4) is 0 Å². The Morgan fingerprint density at radius 1 is 1.00 bits per heavy atom. The number of methoxy groups -OCH3 is 2. The SMILES string of the molecule is COc1ccc(CNc2cccc(C)c2)c(OC)c1. The molecule has 0 spiro atoms. The smallest absolute Gasteiger partial charge is 0.127 e. The fraction of sp³-hybridized carbons (Fsp3) is 0.250. The van der Waals surface area contributed by atoms with Crippen LogP contribution in [0.2, 0.25) is 0 Å². The van der Waals surface area contributed by atoms with Gasteiger partial charge in [0, 0.05) is 23.9 Å². The molecule has 2 rings (SSSR count). The van der Waals surface area contributed by atoms with E-state index < -0.39 is 0 Å². The quantitative estimate of drug-likeness (QED) is 0.887. The maximum atomic E-state index is 5.38. The van der Waals surface area contributed by atoms with Gasteiger partial charge >= 0.3 is 0 Å². The summed E-state index contributed by atoms with van der Waals surface area (Å²) < 4.78 is 10.6. The molecule has 0 saturated heterocycles. The van der Waals surface area contributed by atoms with Gasteiger partial charge < -0.3 is 14.8 Å². The van der Waals surface area contributed by atoms with Gasteiger partial charge in [-0.3, -0.25) is 0 Å². The largest absolute Gasteiger partial charge is 0.497 e. The molecule has 100 valence electrons. The Balaban J connectivity index is 2.11. The van der Waals surface area contributed by atoms with Gasteiger partial charge in [0.05, 0.1) is 14.2 Å². The lowest BCUT2D eigenvalue weighted by Gasteiger charge is -2.12. The summed E-state index contributed by atoms with van der Waals surface area (Å²) in [6.07, 6.45) is 0. The highest BCUT2D eigenvalue weighted by molar-refractivity contribution is 5.48. The van der Waals surface area contributed by atoms with Gasteiger partial charge in [0.2, 0.25) is 0 Å². The molecule has 0 aliphatic carbocycles. The Morgan fingerprint density at radius 3 is 2.53 bits per heavy atom. The summed E-state index contributed by atoms with van der Waals surface area (Å²) in [5, 5.41) is 3.39. The lowest BCUT2D eigenvalue weighted by Crippen LogP contribution is -2.02. The minimum Gasteiger partial charge on any atom is -0.497 e. The standard InChI is InChI=1S/C16H19NO2/c1-12-5-4-6-14(9-12)17-11-13-7-8-15(18-2)10-16(13)19-3/h4-10,17H,11H2,1-3H3. The predicted octanol–water partition coefficient (Wildman–Crippen LogP) is 3.62. The third-order valence-electron chi connectivity index (χ3n) is 3.00. The zero-order valence-corrected chi connectivity index (χ0v) is 11.6. The van der Waals surface area contributed by atoms with Gasteiger partial charge in [0.15, 0.2) is 0 Å². The van der Waals surface area contributed by atoms with Crippen LogP contribution in [-0.4, -0.2) is 14.2 Å². The van der Waals surface area contributed by atoms with Crippen LogP contribution in [0.4, 0.5) is 5.69 Å². The average Bonchev–Trinajstić information content (AvgIpc) is 2.45. The Bertz CT molecular complexity index is 552. The first-order chi connectivity index (χ1) is 9.22. The van der Waals surface area contributed by atoms with E-state index in [4.69, 9.17) is 9.47 Å². The van der Waals surface area contributed by atoms with Crippen LogP contribution in [0.1, 0.15) is 11.1 Å². The molecule has 0 aliphatic rings. The normalized spacial score (nSPS) is 10.1. The van der Waals surface area contributed by atoms with E-state index in [1.54, 1.807) is 14.2 Å². The number of aryl methyl sites for hydroxylation is 1. The summed E-state index contributed by atoms with van der Waals surface area (Å²) >= 11 is 0. The van der Waals surface area contributed by atoms with Gasteiger partial charge in [-0.05, 0) is 36.8 Å². The molecule has 0 saturated carbocycles. The van der Waals surface area contributed by atoms with Crippen LogP contribution >= 0.6 is 0 Å². The van der Waals surface area contributed by atoms with Crippen LogP contribution in [-0.2, 0) is 6.54 Å². The van der Waals surface area contributed by atoms with E-state index in [0.717, 1.165) is 29.3 Å². The first kappa shape index (κ1) is 13.3. The summed E-state index contributed by atoms with van der Waals surface area (Å²) in [6.45, 7) is 2.80. The lowest BCUT2D eigenvalue weighted by molar-refractivity contribution is 0.391. The van der Waals surface area contributed by atoms with Crippen molar-refractivity contribution in [2.45, 2.75) is 13.5 Å². The van der Waals surface area contributed by atoms with Gasteiger partial charge in [-0.2, -0.15) is 0 Å². The number of ether oxygens (including phenoxy) is 2. The lowest BCUT2D eigenvalue weighted by atomic mass is 10.1. The molecule has 0 aliphatic heterocycles. The van der Waals surface area contributed by atoms with E-state index in [0.29, 0.717) is 0 Å². The van der Waals surface area contributed by atoms with Crippen molar-refractivity contribution in [2.24, 2.45) is 0 Å². The molecule has 0 aromatic heterocycles. The number of hydrogen-bond donors (Lipinski definition) is 1. The Hall–Kier alpha value is -2.16. The molecule has 1 N–H and O–H groups in total. The van der Waals surface area contributed by atoms with Gasteiger partial charge in [-0.15, -0.1) is 0 Å². The minimum absolute atomic E-state index is 0.719. The van der Waals surface area contributed by atoms with Crippen molar-refractivity contribution in [1.29, 1.82) is 0 Å². The second kappa shape index (κ2) is 6.14. The third kappa shape index (κ3) is 3.41. The molecule has 0 atom stereocenters. The van der Waals surface area contributed by atoms with Crippen molar-refractivity contribution < 1.29 is 9.47 Å². The molecule has 3 nitrogen and oxygen atoms in total. The second-order valence-corrected chi connectivity index (χ2v) is 4.40. The molecule has 0 bridgehead atoms. The van der Waals surface area contributed by atoms with Crippen LogP contribution in [0.5, 0.6) is 11.5 Å². The van der Waals surface area contributed by atoms with Gasteiger partial charge in [-0.25, -0.2) is 0 Å². The summed E-state index contributed by atoms with van der Waals surface area (Å²) in [5.74, 6) is 1.63. The van der Waals surface area contributed by atoms with E-state index >= 15 is 0 Å². The first-order valence-corrected chi connectivity index (χ1v) is 6.24. The van der Waals surface area contributed by atoms with Crippen molar-refractivity contribution in [3.8, 4) is 11.5 Å². The molecular weight excluding hydrogens is 238 g/mol. The molecule has 19 heavy (non-hydrogen) atoms. The number of nitrogens with one attached hydrogen (secondary N) is 1. The van der Waals surface area contributed by atoms with Gasteiger partial charge in [0.25, 0.3) is 0 Å². The van der Waals surface area contributed by atoms with Crippen LogP contribution < -0.4 is 14.8 Å². The third-order valence-corrected chi connectivity index (χ3v) is 3.00. The number of hydrogen-bond acceptors (Lipinski definition) is 3. The van der Waals surface area contributed by atoms with Crippen molar-refractivity contribution in [2.75, 3.05) is 19.5 Å². The van der Waals surface area contributed by atoms with Crippen molar-refractivity contribution in [3.05, 3.63) is 53.6 Å². The zero-order valence-electron chi connectivity index (χ0n) is 11.6. The molecule has 0 radical (unpaired) electrons. The summed E-state index contributed by atoms with van der Waals surface area (Å²) in [6, 6.07) is 14.2. The van der Waals surface area contributed by atoms with E-state index in [1.807, 2.05) is 24.3 Å². The second-order valence-electron chi connectivity index (χ2n) is 4.40. The van der Waals surface area contributed by atoms with Crippen molar-refractivity contribution in [3.63, 3.8) is 0 Å². The van der Waals surface area contributed by atoms with Crippen LogP contribution in [0.25, 0.3) is 0 Å². The Morgan fingerprint density at radius 2 is 1.84 bits per heavy atom. The predicted molar refractivity (Wildman–Crippen MR) is 78.1 cm³/mol.